The molecule has 3 rings (SSSR count). The number of aromatic nitrogens is 1. The minimum atomic E-state index is -0.472. The summed E-state index contributed by atoms with van der Waals surface area (Å²) in [6, 6.07) is 17.6. The maximum Gasteiger partial charge on any atom is 0.340 e. The van der Waals surface area contributed by atoms with Crippen LogP contribution in [-0.2, 0) is 11.2 Å². The number of hydrogen-bond acceptors (Lipinski definition) is 3. The molecule has 0 aliphatic heterocycles. The van der Waals surface area contributed by atoms with Gasteiger partial charge in [0.05, 0.1) is 17.2 Å². The van der Waals surface area contributed by atoms with E-state index < -0.39 is 5.97 Å². The van der Waals surface area contributed by atoms with Crippen LogP contribution in [0.5, 0.6) is 0 Å². The molecule has 0 atom stereocenters. The monoisotopic (exact) mass is 375 g/mol. The molecule has 144 valence electrons. The van der Waals surface area contributed by atoms with E-state index in [2.05, 4.69) is 4.98 Å². The molecule has 28 heavy (non-hydrogen) atoms. The number of aromatic amines is 1. The van der Waals surface area contributed by atoms with Crippen molar-refractivity contribution in [2.45, 2.75) is 40.2 Å². The third-order valence-corrected chi connectivity index (χ3v) is 4.65. The molecule has 2 aromatic carbocycles. The molecule has 0 unspecified atom stereocenters. The van der Waals surface area contributed by atoms with E-state index in [-0.39, 0.29) is 11.9 Å². The van der Waals surface area contributed by atoms with Crippen molar-refractivity contribution in [2.24, 2.45) is 0 Å². The van der Waals surface area contributed by atoms with E-state index in [9.17, 15) is 9.59 Å². The Labute approximate surface area is 165 Å². The number of hydrogen-bond donors (Lipinski definition) is 1. The van der Waals surface area contributed by atoms with Gasteiger partial charge in [-0.05, 0) is 45.2 Å². The standard InChI is InChI=1S/C24H25NO3/c1-15(2)28-24(27)22-17(4)25-16(3)21(22)23(26)20-13-9-8-12-19(20)14-18-10-6-5-7-11-18/h5-13,15,25H,14H2,1-4H3. The third-order valence-electron chi connectivity index (χ3n) is 4.65. The lowest BCUT2D eigenvalue weighted by Crippen LogP contribution is -2.17. The number of benzene rings is 2. The second-order valence-electron chi connectivity index (χ2n) is 7.23. The molecule has 0 radical (unpaired) electrons. The van der Waals surface area contributed by atoms with Crippen molar-refractivity contribution in [2.75, 3.05) is 0 Å². The van der Waals surface area contributed by atoms with Crippen molar-refractivity contribution in [1.29, 1.82) is 0 Å². The minimum absolute atomic E-state index is 0.163. The van der Waals surface area contributed by atoms with Gasteiger partial charge in [0.15, 0.2) is 5.78 Å². The van der Waals surface area contributed by atoms with Gasteiger partial charge < -0.3 is 9.72 Å². The summed E-state index contributed by atoms with van der Waals surface area (Å²) >= 11 is 0. The number of nitrogens with one attached hydrogen (secondary N) is 1. The predicted molar refractivity (Wildman–Crippen MR) is 110 cm³/mol. The summed E-state index contributed by atoms with van der Waals surface area (Å²) in [7, 11) is 0. The summed E-state index contributed by atoms with van der Waals surface area (Å²) < 4.78 is 5.37. The fourth-order valence-electron chi connectivity index (χ4n) is 3.44. The molecular weight excluding hydrogens is 350 g/mol. The molecule has 4 heteroatoms. The van der Waals surface area contributed by atoms with E-state index in [1.807, 2.05) is 61.5 Å². The first kappa shape index (κ1) is 19.6. The Balaban J connectivity index is 2.03. The average Bonchev–Trinajstić information content (AvgIpc) is 2.96. The number of H-pyrrole nitrogens is 1. The molecule has 0 fully saturated rings. The summed E-state index contributed by atoms with van der Waals surface area (Å²) in [6.07, 6.45) is 0.396. The van der Waals surface area contributed by atoms with Crippen LogP contribution in [0.25, 0.3) is 0 Å². The van der Waals surface area contributed by atoms with Crippen molar-refractivity contribution in [1.82, 2.24) is 4.98 Å². The van der Waals surface area contributed by atoms with Gasteiger partial charge in [0.2, 0.25) is 0 Å². The topological polar surface area (TPSA) is 59.2 Å². The van der Waals surface area contributed by atoms with Gasteiger partial charge in [0.25, 0.3) is 0 Å². The molecule has 0 aliphatic carbocycles. The Hall–Kier alpha value is -3.14. The van der Waals surface area contributed by atoms with E-state index in [0.717, 1.165) is 11.1 Å². The Morgan fingerprint density at radius 3 is 2.18 bits per heavy atom. The highest BCUT2D eigenvalue weighted by atomic mass is 16.5. The second kappa shape index (κ2) is 8.26. The molecule has 0 spiro atoms. The number of ketones is 1. The van der Waals surface area contributed by atoms with E-state index in [4.69, 9.17) is 4.74 Å². The number of rotatable bonds is 6. The van der Waals surface area contributed by atoms with Crippen molar-refractivity contribution in [3.05, 3.63) is 93.8 Å². The molecular formula is C24H25NO3. The lowest BCUT2D eigenvalue weighted by molar-refractivity contribution is 0.0375. The normalized spacial score (nSPS) is 10.9. The summed E-state index contributed by atoms with van der Waals surface area (Å²) in [5, 5.41) is 0. The largest absolute Gasteiger partial charge is 0.459 e. The fraction of sp³-hybridized carbons (Fsp3) is 0.250. The van der Waals surface area contributed by atoms with Gasteiger partial charge in [0, 0.05) is 17.0 Å². The van der Waals surface area contributed by atoms with E-state index >= 15 is 0 Å². The van der Waals surface area contributed by atoms with E-state index in [1.54, 1.807) is 20.8 Å². The van der Waals surface area contributed by atoms with Crippen LogP contribution in [0.2, 0.25) is 0 Å². The van der Waals surface area contributed by atoms with Gasteiger partial charge in [-0.15, -0.1) is 0 Å². The average molecular weight is 375 g/mol. The highest BCUT2D eigenvalue weighted by molar-refractivity contribution is 6.16. The Morgan fingerprint density at radius 1 is 0.893 bits per heavy atom. The first-order valence-corrected chi connectivity index (χ1v) is 9.45. The van der Waals surface area contributed by atoms with Crippen LogP contribution in [-0.4, -0.2) is 22.8 Å². The highest BCUT2D eigenvalue weighted by Crippen LogP contribution is 2.25. The van der Waals surface area contributed by atoms with Crippen LogP contribution >= 0.6 is 0 Å². The maximum absolute atomic E-state index is 13.5. The van der Waals surface area contributed by atoms with Gasteiger partial charge in [-0.25, -0.2) is 4.79 Å². The van der Waals surface area contributed by atoms with Gasteiger partial charge in [-0.2, -0.15) is 0 Å². The summed E-state index contributed by atoms with van der Waals surface area (Å²) in [6.45, 7) is 7.19. The smallest absolute Gasteiger partial charge is 0.340 e. The number of ether oxygens (including phenoxy) is 1. The van der Waals surface area contributed by atoms with Crippen LogP contribution in [0, 0.1) is 13.8 Å². The van der Waals surface area contributed by atoms with Gasteiger partial charge in [-0.1, -0.05) is 54.6 Å². The second-order valence-corrected chi connectivity index (χ2v) is 7.23. The minimum Gasteiger partial charge on any atom is -0.459 e. The fourth-order valence-corrected chi connectivity index (χ4v) is 3.44. The zero-order chi connectivity index (χ0) is 20.3. The summed E-state index contributed by atoms with van der Waals surface area (Å²) in [4.78, 5) is 29.2. The van der Waals surface area contributed by atoms with Crippen molar-refractivity contribution in [3.63, 3.8) is 0 Å². The molecule has 0 saturated heterocycles. The third kappa shape index (κ3) is 4.06. The first-order chi connectivity index (χ1) is 13.4. The quantitative estimate of drug-likeness (QED) is 0.486. The summed E-state index contributed by atoms with van der Waals surface area (Å²) in [5.74, 6) is -0.634. The van der Waals surface area contributed by atoms with Gasteiger partial charge in [0.1, 0.15) is 0 Å². The molecule has 0 saturated carbocycles. The molecule has 1 N–H and O–H groups in total. The molecule has 0 amide bonds. The molecule has 1 heterocycles. The molecule has 0 bridgehead atoms. The SMILES string of the molecule is Cc1[nH]c(C)c(C(=O)c2ccccc2Cc2ccccc2)c1C(=O)OC(C)C. The Morgan fingerprint density at radius 2 is 1.50 bits per heavy atom. The van der Waals surface area contributed by atoms with Crippen LogP contribution in [0.4, 0.5) is 0 Å². The molecule has 4 nitrogen and oxygen atoms in total. The van der Waals surface area contributed by atoms with Crippen molar-refractivity contribution >= 4 is 11.8 Å². The highest BCUT2D eigenvalue weighted by Gasteiger charge is 2.27. The molecule has 1 aromatic heterocycles. The Bertz CT molecular complexity index is 1000. The predicted octanol–water partition coefficient (Wildman–Crippen LogP) is 5.02. The number of aryl methyl sites for hydroxylation is 2. The zero-order valence-corrected chi connectivity index (χ0v) is 16.7. The lowest BCUT2D eigenvalue weighted by atomic mass is 9.92. The van der Waals surface area contributed by atoms with E-state index in [0.29, 0.717) is 34.5 Å². The van der Waals surface area contributed by atoms with Crippen molar-refractivity contribution < 1.29 is 14.3 Å². The Kier molecular flexibility index (Phi) is 5.78. The number of carbonyl (C=O) groups is 2. The van der Waals surface area contributed by atoms with Crippen molar-refractivity contribution in [3.8, 4) is 0 Å². The summed E-state index contributed by atoms with van der Waals surface area (Å²) in [5.41, 5.74) is 4.70. The zero-order valence-electron chi connectivity index (χ0n) is 16.7. The van der Waals surface area contributed by atoms with E-state index in [1.165, 1.54) is 0 Å². The van der Waals surface area contributed by atoms with Crippen LogP contribution in [0.1, 0.15) is 62.6 Å². The maximum atomic E-state index is 13.5. The van der Waals surface area contributed by atoms with Crippen LogP contribution in [0.15, 0.2) is 54.6 Å². The van der Waals surface area contributed by atoms with Gasteiger partial charge in [-0.3, -0.25) is 4.79 Å². The van der Waals surface area contributed by atoms with Crippen LogP contribution < -0.4 is 0 Å². The molecule has 0 aliphatic rings. The first-order valence-electron chi connectivity index (χ1n) is 9.45. The molecule has 3 aromatic rings. The lowest BCUT2D eigenvalue weighted by Gasteiger charge is -2.12. The van der Waals surface area contributed by atoms with Gasteiger partial charge >= 0.3 is 5.97 Å². The number of carbonyl (C=O) groups excluding carboxylic acids is 2. The number of esters is 1. The van der Waals surface area contributed by atoms with Crippen LogP contribution in [0.3, 0.4) is 0 Å².